The summed E-state index contributed by atoms with van der Waals surface area (Å²) in [5.41, 5.74) is 1.89. The van der Waals surface area contributed by atoms with E-state index in [2.05, 4.69) is 25.5 Å². The maximum absolute atomic E-state index is 12.1. The predicted molar refractivity (Wildman–Crippen MR) is 103 cm³/mol. The van der Waals surface area contributed by atoms with E-state index in [9.17, 15) is 8.42 Å². The van der Waals surface area contributed by atoms with Crippen LogP contribution in [0.4, 0.5) is 0 Å². The second kappa shape index (κ2) is 8.21. The van der Waals surface area contributed by atoms with Gasteiger partial charge in [-0.1, -0.05) is 62.7 Å². The van der Waals surface area contributed by atoms with Crippen LogP contribution in [0.3, 0.4) is 0 Å². The largest absolute Gasteiger partial charge is 0.492 e. The molecule has 0 aliphatic rings. The zero-order valence-electron chi connectivity index (χ0n) is 14.8. The summed E-state index contributed by atoms with van der Waals surface area (Å²) < 4.78 is 32.3. The number of hydrogen-bond acceptors (Lipinski definition) is 3. The fourth-order valence-corrected chi connectivity index (χ4v) is 3.73. The normalized spacial score (nSPS) is 12.2. The number of benzene rings is 2. The van der Waals surface area contributed by atoms with E-state index in [0.717, 1.165) is 5.75 Å². The van der Waals surface area contributed by atoms with Crippen LogP contribution in [-0.2, 0) is 21.2 Å². The smallest absolute Gasteiger partial charge is 0.215 e. The number of hydrogen-bond donors (Lipinski definition) is 1. The van der Waals surface area contributed by atoms with Gasteiger partial charge in [-0.15, -0.1) is 0 Å². The first-order chi connectivity index (χ1) is 11.7. The zero-order chi connectivity index (χ0) is 18.5. The van der Waals surface area contributed by atoms with Crippen LogP contribution in [0, 0.1) is 0 Å². The molecule has 136 valence electrons. The van der Waals surface area contributed by atoms with Crippen LogP contribution in [0.2, 0.25) is 5.02 Å². The molecule has 0 aliphatic carbocycles. The minimum atomic E-state index is -3.45. The lowest BCUT2D eigenvalue weighted by Gasteiger charge is -2.19. The molecule has 4 nitrogen and oxygen atoms in total. The van der Waals surface area contributed by atoms with E-state index >= 15 is 0 Å². The lowest BCUT2D eigenvalue weighted by molar-refractivity contribution is 0.322. The molecule has 0 saturated heterocycles. The lowest BCUT2D eigenvalue weighted by Crippen LogP contribution is -2.29. The van der Waals surface area contributed by atoms with Crippen LogP contribution in [0.1, 0.15) is 31.9 Å². The van der Waals surface area contributed by atoms with E-state index < -0.39 is 10.0 Å². The first kappa shape index (κ1) is 19.8. The van der Waals surface area contributed by atoms with Crippen LogP contribution < -0.4 is 9.46 Å². The summed E-state index contributed by atoms with van der Waals surface area (Å²) >= 11 is 6.00. The predicted octanol–water partition coefficient (Wildman–Crippen LogP) is 4.14. The Labute approximate surface area is 155 Å². The monoisotopic (exact) mass is 381 g/mol. The number of rotatable bonds is 7. The van der Waals surface area contributed by atoms with Gasteiger partial charge in [0.05, 0.1) is 5.75 Å². The standard InChI is InChI=1S/C19H24ClNO3S/c1-19(2,3)16-8-10-17(11-9-16)24-13-12-21-25(22,23)14-15-6-4-5-7-18(15)20/h4-11,21H,12-14H2,1-3H3. The number of halogens is 1. The van der Waals surface area contributed by atoms with Crippen molar-refractivity contribution < 1.29 is 13.2 Å². The van der Waals surface area contributed by atoms with Gasteiger partial charge in [-0.05, 0) is 34.7 Å². The van der Waals surface area contributed by atoms with Crippen molar-refractivity contribution in [1.82, 2.24) is 4.72 Å². The summed E-state index contributed by atoms with van der Waals surface area (Å²) in [5, 5.41) is 0.447. The number of nitrogens with one attached hydrogen (secondary N) is 1. The quantitative estimate of drug-likeness (QED) is 0.733. The van der Waals surface area contributed by atoms with Gasteiger partial charge < -0.3 is 4.74 Å². The van der Waals surface area contributed by atoms with Gasteiger partial charge in [0, 0.05) is 11.6 Å². The van der Waals surface area contributed by atoms with Crippen molar-refractivity contribution in [3.05, 3.63) is 64.7 Å². The first-order valence-corrected chi connectivity index (χ1v) is 10.1. The molecular weight excluding hydrogens is 358 g/mol. The van der Waals surface area contributed by atoms with Crippen LogP contribution in [0.5, 0.6) is 5.75 Å². The Morgan fingerprint density at radius 1 is 1.04 bits per heavy atom. The summed E-state index contributed by atoms with van der Waals surface area (Å²) in [7, 11) is -3.45. The van der Waals surface area contributed by atoms with Crippen molar-refractivity contribution >= 4 is 21.6 Å². The fraction of sp³-hybridized carbons (Fsp3) is 0.368. The van der Waals surface area contributed by atoms with Crippen molar-refractivity contribution in [2.24, 2.45) is 0 Å². The summed E-state index contributed by atoms with van der Waals surface area (Å²) in [5.74, 6) is 0.575. The molecule has 0 atom stereocenters. The molecule has 2 aromatic carbocycles. The summed E-state index contributed by atoms with van der Waals surface area (Å²) in [6, 6.07) is 14.8. The SMILES string of the molecule is CC(C)(C)c1ccc(OCCNS(=O)(=O)Cc2ccccc2Cl)cc1. The Balaban J connectivity index is 1.81. The van der Waals surface area contributed by atoms with Crippen LogP contribution >= 0.6 is 11.6 Å². The Hall–Kier alpha value is -1.56. The van der Waals surface area contributed by atoms with Gasteiger partial charge in [-0.25, -0.2) is 13.1 Å². The molecule has 0 fully saturated rings. The third kappa shape index (κ3) is 6.34. The van der Waals surface area contributed by atoms with Gasteiger partial charge in [-0.2, -0.15) is 0 Å². The Morgan fingerprint density at radius 2 is 1.68 bits per heavy atom. The zero-order valence-corrected chi connectivity index (χ0v) is 16.3. The van der Waals surface area contributed by atoms with Crippen LogP contribution in [-0.4, -0.2) is 21.6 Å². The van der Waals surface area contributed by atoms with Gasteiger partial charge in [0.2, 0.25) is 10.0 Å². The molecule has 0 aliphatic heterocycles. The van der Waals surface area contributed by atoms with Crippen molar-refractivity contribution in [3.63, 3.8) is 0 Å². The Bertz CT molecular complexity index is 796. The highest BCUT2D eigenvalue weighted by atomic mass is 35.5. The summed E-state index contributed by atoms with van der Waals surface area (Å²) in [6.07, 6.45) is 0. The second-order valence-electron chi connectivity index (χ2n) is 6.87. The lowest BCUT2D eigenvalue weighted by atomic mass is 9.87. The average Bonchev–Trinajstić information content (AvgIpc) is 2.53. The summed E-state index contributed by atoms with van der Waals surface area (Å²) in [4.78, 5) is 0. The van der Waals surface area contributed by atoms with Gasteiger partial charge in [0.1, 0.15) is 12.4 Å². The molecule has 0 heterocycles. The molecule has 0 unspecified atom stereocenters. The highest BCUT2D eigenvalue weighted by Crippen LogP contribution is 2.24. The molecule has 0 amide bonds. The van der Waals surface area contributed by atoms with Gasteiger partial charge in [0.25, 0.3) is 0 Å². The van der Waals surface area contributed by atoms with E-state index in [4.69, 9.17) is 16.3 Å². The van der Waals surface area contributed by atoms with Crippen molar-refractivity contribution in [1.29, 1.82) is 0 Å². The Morgan fingerprint density at radius 3 is 2.28 bits per heavy atom. The van der Waals surface area contributed by atoms with Crippen molar-refractivity contribution in [3.8, 4) is 5.75 Å². The maximum Gasteiger partial charge on any atom is 0.215 e. The third-order valence-electron chi connectivity index (χ3n) is 3.72. The van der Waals surface area contributed by atoms with E-state index in [1.54, 1.807) is 24.3 Å². The number of sulfonamides is 1. The molecule has 6 heteroatoms. The Kier molecular flexibility index (Phi) is 6.49. The molecule has 2 rings (SSSR count). The molecule has 0 radical (unpaired) electrons. The number of ether oxygens (including phenoxy) is 1. The van der Waals surface area contributed by atoms with Crippen LogP contribution in [0.15, 0.2) is 48.5 Å². The molecule has 0 saturated carbocycles. The third-order valence-corrected chi connectivity index (χ3v) is 5.42. The molecule has 25 heavy (non-hydrogen) atoms. The second-order valence-corrected chi connectivity index (χ2v) is 9.08. The van der Waals surface area contributed by atoms with Gasteiger partial charge >= 0.3 is 0 Å². The molecule has 0 spiro atoms. The molecule has 0 bridgehead atoms. The highest BCUT2D eigenvalue weighted by Gasteiger charge is 2.14. The maximum atomic E-state index is 12.1. The topological polar surface area (TPSA) is 55.4 Å². The van der Waals surface area contributed by atoms with E-state index in [0.29, 0.717) is 10.6 Å². The molecule has 0 aromatic heterocycles. The minimum absolute atomic E-state index is 0.0902. The van der Waals surface area contributed by atoms with E-state index in [-0.39, 0.29) is 24.3 Å². The highest BCUT2D eigenvalue weighted by molar-refractivity contribution is 7.88. The van der Waals surface area contributed by atoms with Gasteiger partial charge in [0.15, 0.2) is 0 Å². The van der Waals surface area contributed by atoms with Gasteiger partial charge in [-0.3, -0.25) is 0 Å². The fourth-order valence-electron chi connectivity index (χ4n) is 2.29. The molecule has 2 aromatic rings. The van der Waals surface area contributed by atoms with E-state index in [1.165, 1.54) is 5.56 Å². The molecular formula is C19H24ClNO3S. The summed E-state index contributed by atoms with van der Waals surface area (Å²) in [6.45, 7) is 6.91. The molecule has 1 N–H and O–H groups in total. The van der Waals surface area contributed by atoms with Crippen molar-refractivity contribution in [2.45, 2.75) is 31.9 Å². The van der Waals surface area contributed by atoms with Crippen molar-refractivity contribution in [2.75, 3.05) is 13.2 Å². The average molecular weight is 382 g/mol. The minimum Gasteiger partial charge on any atom is -0.492 e. The van der Waals surface area contributed by atoms with E-state index in [1.807, 2.05) is 24.3 Å². The van der Waals surface area contributed by atoms with Crippen LogP contribution in [0.25, 0.3) is 0 Å². The first-order valence-electron chi connectivity index (χ1n) is 8.11.